The number of halogens is 3. The number of anilines is 1. The van der Waals surface area contributed by atoms with Crippen LogP contribution in [0.5, 0.6) is 5.75 Å². The number of para-hydroxylation sites is 2. The number of nitrogens with zero attached hydrogens (tertiary/aromatic N) is 1. The van der Waals surface area contributed by atoms with E-state index < -0.39 is 40.1 Å². The summed E-state index contributed by atoms with van der Waals surface area (Å²) in [4.78, 5) is 22.1. The molecule has 0 aliphatic rings. The second kappa shape index (κ2) is 6.99. The number of carbonyl (C=O) groups is 1. The van der Waals surface area contributed by atoms with Gasteiger partial charge in [0, 0.05) is 6.07 Å². The minimum Gasteiger partial charge on any atom is -0.474 e. The highest BCUT2D eigenvalue weighted by atomic mass is 19.2. The highest BCUT2D eigenvalue weighted by molar-refractivity contribution is 5.94. The maximum absolute atomic E-state index is 13.5. The molecule has 0 aliphatic carbocycles. The van der Waals surface area contributed by atoms with Gasteiger partial charge in [-0.3, -0.25) is 14.9 Å². The molecule has 24 heavy (non-hydrogen) atoms. The molecule has 0 saturated carbocycles. The summed E-state index contributed by atoms with van der Waals surface area (Å²) in [6.45, 7) is 1.27. The molecular formula is C15H11F3N2O4. The average Bonchev–Trinajstić information content (AvgIpc) is 2.55. The molecule has 2 rings (SSSR count). The molecular weight excluding hydrogens is 329 g/mol. The number of nitrogens with one attached hydrogen (secondary N) is 1. The van der Waals surface area contributed by atoms with Crippen molar-refractivity contribution in [3.05, 3.63) is 64.0 Å². The normalized spacial score (nSPS) is 11.7. The molecule has 1 N–H and O–H groups in total. The summed E-state index contributed by atoms with van der Waals surface area (Å²) in [7, 11) is 0. The Morgan fingerprint density at radius 1 is 1.17 bits per heavy atom. The van der Waals surface area contributed by atoms with E-state index in [4.69, 9.17) is 4.74 Å². The lowest BCUT2D eigenvalue weighted by Crippen LogP contribution is -2.30. The first-order valence-corrected chi connectivity index (χ1v) is 6.65. The molecule has 1 amide bonds. The van der Waals surface area contributed by atoms with Crippen molar-refractivity contribution in [2.24, 2.45) is 0 Å². The number of carbonyl (C=O) groups excluding carboxylic acids is 1. The molecule has 6 nitrogen and oxygen atoms in total. The third-order valence-corrected chi connectivity index (χ3v) is 3.03. The number of benzene rings is 2. The maximum Gasteiger partial charge on any atom is 0.310 e. The quantitative estimate of drug-likeness (QED) is 0.514. The van der Waals surface area contributed by atoms with Gasteiger partial charge in [0.2, 0.25) is 0 Å². The molecule has 0 bridgehead atoms. The van der Waals surface area contributed by atoms with Gasteiger partial charge in [0.1, 0.15) is 0 Å². The van der Waals surface area contributed by atoms with E-state index in [0.29, 0.717) is 6.07 Å². The van der Waals surface area contributed by atoms with E-state index in [1.54, 1.807) is 0 Å². The molecule has 1 unspecified atom stereocenters. The lowest BCUT2D eigenvalue weighted by molar-refractivity contribution is -0.386. The lowest BCUT2D eigenvalue weighted by atomic mass is 10.2. The molecule has 0 aliphatic heterocycles. The molecule has 2 aromatic carbocycles. The number of rotatable bonds is 5. The average molecular weight is 340 g/mol. The van der Waals surface area contributed by atoms with Crippen molar-refractivity contribution >= 4 is 17.3 Å². The first-order valence-electron chi connectivity index (χ1n) is 6.65. The van der Waals surface area contributed by atoms with Gasteiger partial charge in [-0.05, 0) is 25.1 Å². The number of amides is 1. The Balaban J connectivity index is 2.14. The highest BCUT2D eigenvalue weighted by Gasteiger charge is 2.22. The predicted octanol–water partition coefficient (Wildman–Crippen LogP) is 3.42. The van der Waals surface area contributed by atoms with Crippen molar-refractivity contribution in [1.82, 2.24) is 0 Å². The van der Waals surface area contributed by atoms with Crippen molar-refractivity contribution in [3.63, 3.8) is 0 Å². The zero-order valence-corrected chi connectivity index (χ0v) is 12.3. The fourth-order valence-electron chi connectivity index (χ4n) is 1.81. The van der Waals surface area contributed by atoms with E-state index in [1.807, 2.05) is 5.32 Å². The van der Waals surface area contributed by atoms with Crippen molar-refractivity contribution in [2.75, 3.05) is 5.32 Å². The van der Waals surface area contributed by atoms with E-state index >= 15 is 0 Å². The van der Waals surface area contributed by atoms with Gasteiger partial charge < -0.3 is 10.1 Å². The van der Waals surface area contributed by atoms with Crippen molar-refractivity contribution in [2.45, 2.75) is 13.0 Å². The van der Waals surface area contributed by atoms with E-state index in [1.165, 1.54) is 31.2 Å². The van der Waals surface area contributed by atoms with Crippen LogP contribution in [0.1, 0.15) is 6.92 Å². The fraction of sp³-hybridized carbons (Fsp3) is 0.133. The summed E-state index contributed by atoms with van der Waals surface area (Å²) in [5.74, 6) is -5.72. The number of ether oxygens (including phenoxy) is 1. The van der Waals surface area contributed by atoms with Crippen molar-refractivity contribution in [1.29, 1.82) is 0 Å². The summed E-state index contributed by atoms with van der Waals surface area (Å²) >= 11 is 0. The van der Waals surface area contributed by atoms with E-state index in [0.717, 1.165) is 6.07 Å². The molecule has 0 heterocycles. The molecule has 1 atom stereocenters. The van der Waals surface area contributed by atoms with Gasteiger partial charge in [0.25, 0.3) is 5.91 Å². The van der Waals surface area contributed by atoms with Gasteiger partial charge in [0.05, 0.1) is 10.6 Å². The molecule has 0 saturated heterocycles. The summed E-state index contributed by atoms with van der Waals surface area (Å²) in [6, 6.07) is 6.88. The van der Waals surface area contributed by atoms with Crippen LogP contribution in [0.25, 0.3) is 0 Å². The zero-order valence-electron chi connectivity index (χ0n) is 12.3. The molecule has 0 fully saturated rings. The number of hydrogen-bond acceptors (Lipinski definition) is 4. The van der Waals surface area contributed by atoms with Crippen molar-refractivity contribution in [3.8, 4) is 5.75 Å². The third-order valence-electron chi connectivity index (χ3n) is 3.03. The molecule has 0 radical (unpaired) electrons. The topological polar surface area (TPSA) is 81.5 Å². The van der Waals surface area contributed by atoms with Crippen LogP contribution in [0.2, 0.25) is 0 Å². The number of nitro benzene ring substituents is 1. The second-order valence-corrected chi connectivity index (χ2v) is 4.70. The van der Waals surface area contributed by atoms with Gasteiger partial charge in [-0.15, -0.1) is 0 Å². The standard InChI is InChI=1S/C15H11F3N2O4/c1-8(24-12-5-3-2-4-11(12)20(22)23)15(21)19-10-7-6-9(16)13(17)14(10)18/h2-8H,1H3,(H,19,21). The van der Waals surface area contributed by atoms with E-state index in [9.17, 15) is 28.1 Å². The van der Waals surface area contributed by atoms with Crippen LogP contribution in [-0.2, 0) is 4.79 Å². The van der Waals surface area contributed by atoms with Gasteiger partial charge in [-0.1, -0.05) is 12.1 Å². The predicted molar refractivity (Wildman–Crippen MR) is 78.1 cm³/mol. The molecule has 0 spiro atoms. The smallest absolute Gasteiger partial charge is 0.310 e. The third kappa shape index (κ3) is 3.62. The summed E-state index contributed by atoms with van der Waals surface area (Å²) < 4.78 is 44.7. The molecule has 2 aromatic rings. The zero-order chi connectivity index (χ0) is 17.9. The summed E-state index contributed by atoms with van der Waals surface area (Å²) in [5, 5.41) is 12.9. The SMILES string of the molecule is CC(Oc1ccccc1[N+](=O)[O-])C(=O)Nc1ccc(F)c(F)c1F. The van der Waals surface area contributed by atoms with Crippen LogP contribution in [0.15, 0.2) is 36.4 Å². The minimum atomic E-state index is -1.72. The molecule has 126 valence electrons. The lowest BCUT2D eigenvalue weighted by Gasteiger charge is -2.15. The number of hydrogen-bond donors (Lipinski definition) is 1. The second-order valence-electron chi connectivity index (χ2n) is 4.70. The van der Waals surface area contributed by atoms with Crippen molar-refractivity contribution < 1.29 is 27.6 Å². The number of nitro groups is 1. The Morgan fingerprint density at radius 2 is 1.83 bits per heavy atom. The van der Waals surface area contributed by atoms with E-state index in [-0.39, 0.29) is 11.4 Å². The fourth-order valence-corrected chi connectivity index (χ4v) is 1.81. The van der Waals surface area contributed by atoms with Gasteiger partial charge in [-0.25, -0.2) is 13.2 Å². The Kier molecular flexibility index (Phi) is 5.02. The van der Waals surface area contributed by atoms with Crippen LogP contribution in [-0.4, -0.2) is 16.9 Å². The van der Waals surface area contributed by atoms with Crippen LogP contribution in [0.4, 0.5) is 24.5 Å². The van der Waals surface area contributed by atoms with Gasteiger partial charge in [-0.2, -0.15) is 0 Å². The molecule has 9 heteroatoms. The van der Waals surface area contributed by atoms with Crippen LogP contribution >= 0.6 is 0 Å². The largest absolute Gasteiger partial charge is 0.474 e. The highest BCUT2D eigenvalue weighted by Crippen LogP contribution is 2.27. The van der Waals surface area contributed by atoms with Gasteiger partial charge in [0.15, 0.2) is 29.3 Å². The maximum atomic E-state index is 13.5. The van der Waals surface area contributed by atoms with Crippen LogP contribution in [0, 0.1) is 27.6 Å². The van der Waals surface area contributed by atoms with Crippen LogP contribution < -0.4 is 10.1 Å². The Bertz CT molecular complexity index is 798. The van der Waals surface area contributed by atoms with E-state index in [2.05, 4.69) is 0 Å². The Labute approximate surface area is 134 Å². The molecule has 0 aromatic heterocycles. The van der Waals surface area contributed by atoms with Gasteiger partial charge >= 0.3 is 5.69 Å². The van der Waals surface area contributed by atoms with Crippen LogP contribution in [0.3, 0.4) is 0 Å². The first-order chi connectivity index (χ1) is 11.3. The first kappa shape index (κ1) is 17.3. The monoisotopic (exact) mass is 340 g/mol. The minimum absolute atomic E-state index is 0.157. The summed E-state index contributed by atoms with van der Waals surface area (Å²) in [6.07, 6.45) is -1.25. The summed E-state index contributed by atoms with van der Waals surface area (Å²) in [5.41, 5.74) is -0.923. The Morgan fingerprint density at radius 3 is 2.50 bits per heavy atom. The Hall–Kier alpha value is -3.10.